The van der Waals surface area contributed by atoms with Crippen LogP contribution in [0, 0.1) is 0 Å². The predicted molar refractivity (Wildman–Crippen MR) is 116 cm³/mol. The first-order valence-corrected chi connectivity index (χ1v) is 15.3. The average molecular weight is 1940 g/mol. The van der Waals surface area contributed by atoms with Crippen LogP contribution in [0.4, 0.5) is 0 Å². The van der Waals surface area contributed by atoms with Crippen molar-refractivity contribution in [3.05, 3.63) is 0 Å². The number of phosphoric acid groups is 7. The van der Waals surface area contributed by atoms with Crippen LogP contribution in [0.5, 0.6) is 0 Å². The standard InChI is InChI=1S/5In.7H3O4P.7O.5Sn/c;;;;;7*1-5(2,3)4;;;;;;;;;;;;/h;;;;;7*(H3,1,2,3,4);;;;;;;;;;;;/q5*+3;;;;;;;;7*-2;5*+4/p-21. The summed E-state index contributed by atoms with van der Waals surface area (Å²) in [7, 11) is -37.7. The van der Waals surface area contributed by atoms with Gasteiger partial charge in [-0.05, 0) is 0 Å². The van der Waals surface area contributed by atoms with Gasteiger partial charge in [-0.2, -0.15) is 54.8 Å². The molecule has 0 aromatic rings. The second-order valence-corrected chi connectivity index (χ2v) is 9.39. The summed E-state index contributed by atoms with van der Waals surface area (Å²) in [6.07, 6.45) is 0. The fraction of sp³-hybridized carbons (Fsp3) is 0. The Morgan fingerprint density at radius 1 is 0.173 bits per heavy atom. The zero-order valence-electron chi connectivity index (χ0n) is 22.8. The fourth-order valence-electron chi connectivity index (χ4n) is 0. The van der Waals surface area contributed by atoms with Crippen LogP contribution in [0.2, 0.25) is 0 Å². The first-order valence-electron chi connectivity index (χ1n) is 5.11. The average Bonchev–Trinajstić information content (AvgIpc) is 2.06. The van der Waals surface area contributed by atoms with E-state index in [-0.39, 0.29) is 287 Å². The smallest absolute Gasteiger partial charge is 2.00 e. The van der Waals surface area contributed by atoms with E-state index in [1.165, 1.54) is 0 Å². The largest absolute Gasteiger partial charge is 4.00 e. The second kappa shape index (κ2) is 80.1. The summed E-state index contributed by atoms with van der Waals surface area (Å²) in [4.78, 5) is 180. The quantitative estimate of drug-likeness (QED) is 0.160. The Bertz CT molecular complexity index is 594. The Morgan fingerprint density at radius 3 is 0.173 bits per heavy atom. The maximum Gasteiger partial charge on any atom is 4.00 e. The van der Waals surface area contributed by atoms with E-state index in [9.17, 15) is 0 Å². The molecule has 35 nitrogen and oxygen atoms in total. The molecule has 52 heavy (non-hydrogen) atoms. The third-order valence-electron chi connectivity index (χ3n) is 0. The van der Waals surface area contributed by atoms with E-state index in [0.29, 0.717) is 0 Å². The molecule has 0 N–H and O–H groups in total. The van der Waals surface area contributed by atoms with E-state index in [0.717, 1.165) is 0 Å². The normalized spacial score (nSPS) is 7.94. The molecule has 0 atom stereocenters. The van der Waals surface area contributed by atoms with Crippen molar-refractivity contribution in [3.63, 3.8) is 0 Å². The van der Waals surface area contributed by atoms with E-state index in [4.69, 9.17) is 135 Å². The summed E-state index contributed by atoms with van der Waals surface area (Å²) in [5, 5.41) is 0. The van der Waals surface area contributed by atoms with Gasteiger partial charge in [-0.25, -0.2) is 0 Å². The van der Waals surface area contributed by atoms with Gasteiger partial charge in [0, 0.05) is 0 Å². The molecule has 0 aromatic carbocycles. The Hall–Kier alpha value is 8.83. The van der Waals surface area contributed by atoms with Crippen molar-refractivity contribution in [1.29, 1.82) is 0 Å². The van der Waals surface area contributed by atoms with Crippen molar-refractivity contribution in [2.24, 2.45) is 0 Å². The van der Waals surface area contributed by atoms with Crippen LogP contribution in [0.3, 0.4) is 0 Å². The van der Waals surface area contributed by atoms with Gasteiger partial charge in [0.15, 0.2) is 0 Å². The summed E-state index contributed by atoms with van der Waals surface area (Å²) in [6, 6.07) is 0. The van der Waals surface area contributed by atoms with E-state index in [1.54, 1.807) is 0 Å². The van der Waals surface area contributed by atoms with Crippen LogP contribution in [0.25, 0.3) is 0 Å². The molecule has 0 spiro atoms. The zero-order chi connectivity index (χ0) is 31.5. The van der Waals surface area contributed by atoms with Crippen molar-refractivity contribution in [2.75, 3.05) is 0 Å². The molecular formula is In5O35P7Sn5. The van der Waals surface area contributed by atoms with Gasteiger partial charge in [0.05, 0.1) is 0 Å². The van der Waals surface area contributed by atoms with E-state index < -0.39 is 54.8 Å². The van der Waals surface area contributed by atoms with Crippen LogP contribution in [0.1, 0.15) is 0 Å². The topological polar surface area (TPSA) is 803 Å². The molecule has 0 aliphatic carbocycles. The molecule has 52 heteroatoms. The Labute approximate surface area is 468 Å². The predicted octanol–water partition coefficient (Wildman–Crippen LogP) is -24.4. The Balaban J connectivity index is -0.00000000758. The van der Waals surface area contributed by atoms with E-state index in [2.05, 4.69) is 0 Å². The van der Waals surface area contributed by atoms with Gasteiger partial charge in [-0.15, -0.1) is 0 Å². The minimum atomic E-state index is -5.39. The summed E-state index contributed by atoms with van der Waals surface area (Å²) in [5.74, 6) is 0. The van der Waals surface area contributed by atoms with Gasteiger partial charge in [0.2, 0.25) is 0 Å². The molecule has 0 amide bonds. The number of hydrogen-bond acceptors (Lipinski definition) is 28. The molecule has 0 saturated heterocycles. The van der Waals surface area contributed by atoms with Crippen LogP contribution in [0.15, 0.2) is 0 Å². The van der Waals surface area contributed by atoms with Crippen molar-refractivity contribution in [3.8, 4) is 0 Å². The van der Waals surface area contributed by atoms with Crippen molar-refractivity contribution in [1.82, 2.24) is 0 Å². The minimum Gasteiger partial charge on any atom is -2.00 e. The molecule has 280 valence electrons. The Kier molecular flexibility index (Phi) is 247. The maximum atomic E-state index is 8.55. The minimum absolute atomic E-state index is 0. The SMILES string of the molecule is O=P([O-])([O-])[O-].O=P([O-])([O-])[O-].O=P([O-])([O-])[O-].O=P([O-])([O-])[O-].O=P([O-])([O-])[O-].O=P([O-])([O-])[O-].O=P([O-])([O-])[O-].[In+3].[In+3].[In+3].[In+3].[In+3].[O-2].[O-2].[O-2].[O-2].[O-2].[O-2].[O-2].[Sn+4].[Sn+4].[Sn+4].[Sn+4].[Sn+4]. The molecule has 0 bridgehead atoms. The first-order chi connectivity index (χ1) is 14.0. The molecule has 0 aliphatic rings. The van der Waals surface area contributed by atoms with E-state index in [1.807, 2.05) is 0 Å². The molecule has 0 aliphatic heterocycles. The van der Waals surface area contributed by atoms with Crippen molar-refractivity contribution in [2.45, 2.75) is 0 Å². The third kappa shape index (κ3) is 2520. The molecule has 0 saturated carbocycles. The molecule has 0 aromatic heterocycles. The molecule has 0 heterocycles. The van der Waals surface area contributed by atoms with Gasteiger partial charge in [-0.1, -0.05) is 0 Å². The molecule has 0 rings (SSSR count). The van der Waals surface area contributed by atoms with Gasteiger partial charge < -0.3 is 173 Å². The van der Waals surface area contributed by atoms with Crippen molar-refractivity contribution < 1.29 is 173 Å². The van der Waals surface area contributed by atoms with Crippen LogP contribution >= 0.6 is 54.8 Å². The fourth-order valence-corrected chi connectivity index (χ4v) is 0. The summed E-state index contributed by atoms with van der Waals surface area (Å²) in [5.41, 5.74) is 0. The Morgan fingerprint density at radius 2 is 0.173 bits per heavy atom. The van der Waals surface area contributed by atoms with Crippen LogP contribution in [-0.4, -0.2) is 249 Å². The monoisotopic (exact) mass is 1950 g/mol. The van der Waals surface area contributed by atoms with Gasteiger partial charge in [0.1, 0.15) is 0 Å². The maximum absolute atomic E-state index is 8.55. The van der Waals surface area contributed by atoms with Crippen LogP contribution < -0.4 is 103 Å². The first kappa shape index (κ1) is 161. The third-order valence-corrected chi connectivity index (χ3v) is 0. The number of rotatable bonds is 0. The molecule has 0 unspecified atom stereocenters. The molecule has 0 fully saturated rings. The van der Waals surface area contributed by atoms with Gasteiger partial charge >= 0.3 is 249 Å². The zero-order valence-corrected chi connectivity index (χ0v) is 59.8. The molecular weight excluding hydrogens is 1940 g/mol. The van der Waals surface area contributed by atoms with Crippen molar-refractivity contribution >= 4 is 304 Å². The summed E-state index contributed by atoms with van der Waals surface area (Å²) in [6.45, 7) is 0. The number of hydrogen-bond donors (Lipinski definition) is 0. The van der Waals surface area contributed by atoms with Gasteiger partial charge in [-0.3, -0.25) is 0 Å². The van der Waals surface area contributed by atoms with Gasteiger partial charge in [0.25, 0.3) is 0 Å². The summed E-state index contributed by atoms with van der Waals surface area (Å²) < 4.78 is 59.8. The van der Waals surface area contributed by atoms with Crippen LogP contribution in [-0.2, 0) is 70.3 Å². The molecule has 0 radical (unpaired) electrons. The second-order valence-electron chi connectivity index (χ2n) is 3.13. The summed E-state index contributed by atoms with van der Waals surface area (Å²) >= 11 is 0. The van der Waals surface area contributed by atoms with E-state index >= 15 is 0 Å².